The summed E-state index contributed by atoms with van der Waals surface area (Å²) in [4.78, 5) is 19.0. The minimum atomic E-state index is -1.06. The van der Waals surface area contributed by atoms with Crippen LogP contribution < -0.4 is 11.1 Å². The Kier molecular flexibility index (Phi) is 6.01. The van der Waals surface area contributed by atoms with E-state index in [1.807, 2.05) is 11.0 Å². The number of nitrogens with zero attached hydrogens (tertiary/aromatic N) is 6. The fourth-order valence-electron chi connectivity index (χ4n) is 4.46. The molecular weight excluding hydrogens is 442 g/mol. The molecule has 1 fully saturated rings. The number of aromatic nitrogens is 5. The molecule has 2 aromatic heterocycles. The summed E-state index contributed by atoms with van der Waals surface area (Å²) in [6.45, 7) is 2.84. The highest BCUT2D eigenvalue weighted by Gasteiger charge is 2.27. The lowest BCUT2D eigenvalue weighted by atomic mass is 9.95. The van der Waals surface area contributed by atoms with Crippen LogP contribution in [0.4, 0.5) is 14.6 Å². The maximum atomic E-state index is 14.4. The summed E-state index contributed by atoms with van der Waals surface area (Å²) in [5, 5.41) is 14.7. The second-order valence-electron chi connectivity index (χ2n) is 8.45. The minimum absolute atomic E-state index is 0.0376. The van der Waals surface area contributed by atoms with Gasteiger partial charge in [-0.3, -0.25) is 4.79 Å². The van der Waals surface area contributed by atoms with Crippen LogP contribution in [-0.4, -0.2) is 62.2 Å². The zero-order valence-electron chi connectivity index (χ0n) is 18.4. The number of tetrazole rings is 1. The Morgan fingerprint density at radius 1 is 1.26 bits per heavy atom. The molecule has 2 aliphatic rings. The standard InChI is InChI=1S/C23H24F2N8O/c24-18-4-1-5-19(20(18)25)33-22(29-30-31-33)17-11-16(13-28-21(17)26)14-6-9-32(10-7-14)23(34)15-3-2-8-27-12-15/h1,4-6,11,13,15,27H,2-3,7-10,12H2,(H2,26,28). The van der Waals surface area contributed by atoms with E-state index in [0.717, 1.165) is 47.8 Å². The Hall–Kier alpha value is -3.73. The smallest absolute Gasteiger partial charge is 0.227 e. The largest absolute Gasteiger partial charge is 0.383 e. The maximum Gasteiger partial charge on any atom is 0.227 e. The fraction of sp³-hybridized carbons (Fsp3) is 0.348. The highest BCUT2D eigenvalue weighted by molar-refractivity contribution is 5.81. The number of carbonyl (C=O) groups is 1. The molecule has 0 aliphatic carbocycles. The van der Waals surface area contributed by atoms with Gasteiger partial charge in [0.2, 0.25) is 5.91 Å². The summed E-state index contributed by atoms with van der Waals surface area (Å²) in [6.07, 6.45) is 6.28. The summed E-state index contributed by atoms with van der Waals surface area (Å²) in [7, 11) is 0. The van der Waals surface area contributed by atoms with Crippen molar-refractivity contribution in [2.75, 3.05) is 31.9 Å². The number of nitrogen functional groups attached to an aromatic ring is 1. The number of rotatable bonds is 4. The monoisotopic (exact) mass is 466 g/mol. The summed E-state index contributed by atoms with van der Waals surface area (Å²) in [5.41, 5.74) is 8.21. The van der Waals surface area contributed by atoms with E-state index in [2.05, 4.69) is 25.8 Å². The molecule has 3 N–H and O–H groups in total. The molecule has 34 heavy (non-hydrogen) atoms. The van der Waals surface area contributed by atoms with Gasteiger partial charge in [0, 0.05) is 25.8 Å². The molecule has 0 bridgehead atoms. The lowest BCUT2D eigenvalue weighted by Crippen LogP contribution is -2.44. The van der Waals surface area contributed by atoms with Crippen molar-refractivity contribution in [1.29, 1.82) is 0 Å². The van der Waals surface area contributed by atoms with E-state index >= 15 is 0 Å². The third kappa shape index (κ3) is 4.14. The molecule has 3 aromatic rings. The number of halogens is 2. The topological polar surface area (TPSA) is 115 Å². The van der Waals surface area contributed by atoms with Crippen molar-refractivity contribution in [3.05, 3.63) is 53.7 Å². The first-order valence-electron chi connectivity index (χ1n) is 11.2. The Morgan fingerprint density at radius 2 is 2.15 bits per heavy atom. The van der Waals surface area contributed by atoms with Gasteiger partial charge in [-0.25, -0.2) is 13.8 Å². The van der Waals surface area contributed by atoms with Crippen LogP contribution >= 0.6 is 0 Å². The van der Waals surface area contributed by atoms with Gasteiger partial charge in [0.15, 0.2) is 17.5 Å². The summed E-state index contributed by atoms with van der Waals surface area (Å²) in [6, 6.07) is 5.56. The molecule has 0 spiro atoms. The predicted octanol–water partition coefficient (Wildman–Crippen LogP) is 2.20. The van der Waals surface area contributed by atoms with E-state index in [0.29, 0.717) is 25.1 Å². The van der Waals surface area contributed by atoms with Crippen molar-refractivity contribution in [1.82, 2.24) is 35.4 Å². The van der Waals surface area contributed by atoms with E-state index in [-0.39, 0.29) is 29.2 Å². The van der Waals surface area contributed by atoms with Gasteiger partial charge in [-0.1, -0.05) is 12.1 Å². The number of hydrogen-bond acceptors (Lipinski definition) is 7. The van der Waals surface area contributed by atoms with Crippen LogP contribution in [0.25, 0.3) is 22.6 Å². The molecule has 1 saturated heterocycles. The van der Waals surface area contributed by atoms with Crippen LogP contribution in [0.2, 0.25) is 0 Å². The number of nitrogens with one attached hydrogen (secondary N) is 1. The zero-order valence-corrected chi connectivity index (χ0v) is 18.4. The van der Waals surface area contributed by atoms with E-state index in [4.69, 9.17) is 5.73 Å². The fourth-order valence-corrected chi connectivity index (χ4v) is 4.46. The molecule has 0 saturated carbocycles. The number of anilines is 1. The second kappa shape index (κ2) is 9.26. The Balaban J connectivity index is 1.41. The van der Waals surface area contributed by atoms with Gasteiger partial charge in [-0.15, -0.1) is 5.10 Å². The maximum absolute atomic E-state index is 14.4. The highest BCUT2D eigenvalue weighted by atomic mass is 19.2. The molecular formula is C23H24F2N8O. The minimum Gasteiger partial charge on any atom is -0.383 e. The first-order valence-corrected chi connectivity index (χ1v) is 11.2. The third-order valence-corrected chi connectivity index (χ3v) is 6.33. The lowest BCUT2D eigenvalue weighted by molar-refractivity contribution is -0.135. The normalized spacial score (nSPS) is 18.6. The van der Waals surface area contributed by atoms with E-state index < -0.39 is 11.6 Å². The van der Waals surface area contributed by atoms with Gasteiger partial charge >= 0.3 is 0 Å². The SMILES string of the molecule is Nc1ncc(C2=CCN(C(=O)C3CCCNC3)CC2)cc1-c1nnnn1-c1cccc(F)c1F. The summed E-state index contributed by atoms with van der Waals surface area (Å²) >= 11 is 0. The van der Waals surface area contributed by atoms with Gasteiger partial charge < -0.3 is 16.0 Å². The Labute approximate surface area is 194 Å². The van der Waals surface area contributed by atoms with Gasteiger partial charge in [0.1, 0.15) is 11.5 Å². The van der Waals surface area contributed by atoms with E-state index in [9.17, 15) is 13.6 Å². The number of pyridine rings is 1. The quantitative estimate of drug-likeness (QED) is 0.606. The molecule has 0 radical (unpaired) electrons. The first kappa shape index (κ1) is 22.1. The molecule has 1 aromatic carbocycles. The number of hydrogen-bond donors (Lipinski definition) is 2. The van der Waals surface area contributed by atoms with Gasteiger partial charge in [0.05, 0.1) is 11.5 Å². The second-order valence-corrected chi connectivity index (χ2v) is 8.45. The van der Waals surface area contributed by atoms with E-state index in [1.165, 1.54) is 12.1 Å². The van der Waals surface area contributed by atoms with Crippen molar-refractivity contribution in [3.8, 4) is 17.1 Å². The van der Waals surface area contributed by atoms with Crippen molar-refractivity contribution in [2.24, 2.45) is 5.92 Å². The molecule has 2 aliphatic heterocycles. The Morgan fingerprint density at radius 3 is 2.91 bits per heavy atom. The lowest BCUT2D eigenvalue weighted by Gasteiger charge is -2.32. The number of nitrogens with two attached hydrogens (primary N) is 1. The number of piperidine rings is 1. The van der Waals surface area contributed by atoms with Crippen LogP contribution in [0.5, 0.6) is 0 Å². The molecule has 1 atom stereocenters. The average Bonchev–Trinajstić information content (AvgIpc) is 3.36. The van der Waals surface area contributed by atoms with Crippen LogP contribution in [0.1, 0.15) is 24.8 Å². The molecule has 9 nitrogen and oxygen atoms in total. The van der Waals surface area contributed by atoms with Crippen LogP contribution in [0, 0.1) is 17.6 Å². The number of carbonyl (C=O) groups excluding carboxylic acids is 1. The summed E-state index contributed by atoms with van der Waals surface area (Å²) < 4.78 is 29.3. The van der Waals surface area contributed by atoms with Crippen molar-refractivity contribution in [2.45, 2.75) is 19.3 Å². The molecule has 1 amide bonds. The van der Waals surface area contributed by atoms with Crippen molar-refractivity contribution < 1.29 is 13.6 Å². The molecule has 4 heterocycles. The summed E-state index contributed by atoms with van der Waals surface area (Å²) in [5.74, 6) is -1.53. The predicted molar refractivity (Wildman–Crippen MR) is 121 cm³/mol. The molecule has 5 rings (SSSR count). The highest BCUT2D eigenvalue weighted by Crippen LogP contribution is 2.31. The third-order valence-electron chi connectivity index (χ3n) is 6.33. The zero-order chi connectivity index (χ0) is 23.7. The molecule has 1 unspecified atom stereocenters. The Bertz CT molecular complexity index is 1250. The van der Waals surface area contributed by atoms with Gasteiger partial charge in [-0.2, -0.15) is 4.68 Å². The van der Waals surface area contributed by atoms with Gasteiger partial charge in [-0.05, 0) is 65.6 Å². The van der Waals surface area contributed by atoms with Crippen molar-refractivity contribution >= 4 is 17.3 Å². The van der Waals surface area contributed by atoms with Crippen LogP contribution in [-0.2, 0) is 4.79 Å². The first-order chi connectivity index (χ1) is 16.5. The van der Waals surface area contributed by atoms with Crippen molar-refractivity contribution in [3.63, 3.8) is 0 Å². The molecule has 11 heteroatoms. The number of benzene rings is 1. The van der Waals surface area contributed by atoms with Crippen LogP contribution in [0.3, 0.4) is 0 Å². The average molecular weight is 466 g/mol. The van der Waals surface area contributed by atoms with Gasteiger partial charge in [0.25, 0.3) is 0 Å². The van der Waals surface area contributed by atoms with Crippen LogP contribution in [0.15, 0.2) is 36.5 Å². The number of amides is 1. The van der Waals surface area contributed by atoms with E-state index in [1.54, 1.807) is 12.3 Å². The molecule has 176 valence electrons.